The highest BCUT2D eigenvalue weighted by atomic mass is 19.2. The largest absolute Gasteiger partial charge is 0.262 e. The summed E-state index contributed by atoms with van der Waals surface area (Å²) in [4.78, 5) is 20.9. The van der Waals surface area contributed by atoms with Crippen LogP contribution in [0.2, 0.25) is 0 Å². The molecule has 24 heteroatoms. The number of benzene rings is 8. The van der Waals surface area contributed by atoms with Gasteiger partial charge in [-0.1, -0.05) is 121 Å². The van der Waals surface area contributed by atoms with Crippen LogP contribution in [0.25, 0.3) is 72.2 Å². The van der Waals surface area contributed by atoms with Crippen molar-refractivity contribution < 1.29 is 70.2 Å². The van der Waals surface area contributed by atoms with Gasteiger partial charge in [-0.3, -0.25) is 0 Å². The highest BCUT2D eigenvalue weighted by Gasteiger charge is 2.45. The van der Waals surface area contributed by atoms with Crippen LogP contribution in [0.3, 0.4) is 0 Å². The van der Waals surface area contributed by atoms with Gasteiger partial charge in [0.1, 0.15) is 34.9 Å². The molecule has 0 radical (unpaired) electrons. The fraction of sp³-hybridized carbons (Fsp3) is 0. The second-order valence-electron chi connectivity index (χ2n) is 20.3. The average Bonchev–Trinajstić information content (AvgIpc) is 1.49. The van der Waals surface area contributed by atoms with Gasteiger partial charge in [-0.2, -0.15) is 15.8 Å². The van der Waals surface area contributed by atoms with Crippen molar-refractivity contribution in [3.8, 4) is 63.2 Å². The molecule has 0 amide bonds. The molecule has 2 aliphatic rings. The van der Waals surface area contributed by atoms with Gasteiger partial charge < -0.3 is 0 Å². The standard InChI is InChI=1S/C70H24F16N8/c1-90-68-66(85)64(83)51(65(84)67(68)86)47(50-62(81)56(75)39(28-89)57(76)63(50)82)45-34-23-35(69-91-40(29-14-6-2-7-15-29)24-41(92-69)30-16-8-3-9-17-30)44(33(34)22-36(45)70-93-42(31-18-10-4-11-19-31)25-43(94-70)32-20-12-5-13-21-32)46(48-58(77)52(71)37(26-87)53(72)59(48)78)49-60(79)54(73)38(27-88)55(74)61(49)80/h2-25H/b47-45+. The van der Waals surface area contributed by atoms with Crippen molar-refractivity contribution in [2.45, 2.75) is 0 Å². The first kappa shape index (κ1) is 61.7. The SMILES string of the molecule is [C-]#[N+]c1c(F)c(F)c(/C(=C2/C(c3nc(-c4ccccc4)cc(-c4ccccc4)n3)=CC3=C2C=C(c2nc(-c4ccccc4)cc(-c4ccccc4)n2)C3=C(c2c(F)c(F)c(C#N)c(F)c2F)c2c(F)c(F)c(C#N)c(F)c2F)c2c(F)c(F)c(C#N)c(F)c2F)c(F)c1F. The summed E-state index contributed by atoms with van der Waals surface area (Å²) in [6.45, 7) is 7.39. The van der Waals surface area contributed by atoms with E-state index in [9.17, 15) is 15.8 Å². The quantitative estimate of drug-likeness (QED) is 0.0758. The molecular formula is C70H24F16N8. The van der Waals surface area contributed by atoms with Gasteiger partial charge in [0, 0.05) is 55.7 Å². The summed E-state index contributed by atoms with van der Waals surface area (Å²) < 4.78 is 272. The number of halogens is 16. The lowest BCUT2D eigenvalue weighted by molar-refractivity contribution is 0.440. The summed E-state index contributed by atoms with van der Waals surface area (Å²) in [5, 5.41) is 29.3. The summed E-state index contributed by atoms with van der Waals surface area (Å²) in [5.74, 6) is -45.1. The maximum atomic E-state index is 17.5. The Hall–Kier alpha value is -12.5. The molecule has 10 aromatic rings. The third kappa shape index (κ3) is 9.80. The summed E-state index contributed by atoms with van der Waals surface area (Å²) in [5.41, 5.74) is -29.0. The minimum atomic E-state index is -2.77. The molecule has 2 aromatic heterocycles. The Morgan fingerprint density at radius 1 is 0.319 bits per heavy atom. The number of nitriles is 3. The number of hydrogen-bond donors (Lipinski definition) is 0. The van der Waals surface area contributed by atoms with Crippen LogP contribution in [0.1, 0.15) is 50.6 Å². The van der Waals surface area contributed by atoms with Crippen LogP contribution < -0.4 is 0 Å². The third-order valence-electron chi connectivity index (χ3n) is 15.1. The van der Waals surface area contributed by atoms with E-state index in [-0.39, 0.29) is 45.0 Å². The number of rotatable bonds is 10. The Bertz CT molecular complexity index is 4620. The maximum absolute atomic E-state index is 17.5. The molecule has 0 spiro atoms. The van der Waals surface area contributed by atoms with E-state index >= 15 is 70.2 Å². The van der Waals surface area contributed by atoms with Gasteiger partial charge in [-0.15, -0.1) is 0 Å². The zero-order valence-electron chi connectivity index (χ0n) is 46.5. The molecular weight excluding hydrogens is 1260 g/mol. The Labute approximate surface area is 518 Å². The second kappa shape index (κ2) is 24.0. The molecule has 2 heterocycles. The minimum Gasteiger partial charge on any atom is -0.232 e. The maximum Gasteiger partial charge on any atom is 0.262 e. The van der Waals surface area contributed by atoms with Gasteiger partial charge in [-0.05, 0) is 35.4 Å². The first-order valence-electron chi connectivity index (χ1n) is 26.9. The highest BCUT2D eigenvalue weighted by molar-refractivity contribution is 6.12. The van der Waals surface area contributed by atoms with Crippen molar-refractivity contribution in [3.63, 3.8) is 0 Å². The van der Waals surface area contributed by atoms with Crippen molar-refractivity contribution >= 4 is 28.0 Å². The van der Waals surface area contributed by atoms with Crippen LogP contribution in [0, 0.1) is 134 Å². The molecule has 0 saturated heterocycles. The van der Waals surface area contributed by atoms with E-state index in [1.165, 1.54) is 109 Å². The summed E-state index contributed by atoms with van der Waals surface area (Å²) in [6, 6.07) is 35.1. The molecule has 0 N–H and O–H groups in total. The predicted octanol–water partition coefficient (Wildman–Crippen LogP) is 18.1. The summed E-state index contributed by atoms with van der Waals surface area (Å²) >= 11 is 0. The first-order chi connectivity index (χ1) is 45.2. The lowest BCUT2D eigenvalue weighted by atomic mass is 9.84. The lowest BCUT2D eigenvalue weighted by Crippen LogP contribution is -2.14. The van der Waals surface area contributed by atoms with Gasteiger partial charge >= 0.3 is 0 Å². The van der Waals surface area contributed by atoms with E-state index in [1.807, 2.05) is 0 Å². The van der Waals surface area contributed by atoms with Crippen LogP contribution in [0.5, 0.6) is 0 Å². The molecule has 0 fully saturated rings. The van der Waals surface area contributed by atoms with E-state index in [0.29, 0.717) is 12.2 Å². The van der Waals surface area contributed by atoms with E-state index in [0.717, 1.165) is 18.2 Å². The van der Waals surface area contributed by atoms with Crippen LogP contribution >= 0.6 is 0 Å². The molecule has 0 aliphatic heterocycles. The summed E-state index contributed by atoms with van der Waals surface area (Å²) in [7, 11) is 0. The van der Waals surface area contributed by atoms with Crippen LogP contribution in [-0.4, -0.2) is 19.9 Å². The molecule has 94 heavy (non-hydrogen) atoms. The fourth-order valence-electron chi connectivity index (χ4n) is 10.9. The average molecular weight is 1280 g/mol. The molecule has 0 saturated carbocycles. The van der Waals surface area contributed by atoms with Gasteiger partial charge in [0.2, 0.25) is 0 Å². The number of aromatic nitrogens is 4. The van der Waals surface area contributed by atoms with Crippen molar-refractivity contribution in [2.24, 2.45) is 0 Å². The normalized spacial score (nSPS) is 13.0. The Morgan fingerprint density at radius 3 is 0.755 bits per heavy atom. The molecule has 0 bridgehead atoms. The van der Waals surface area contributed by atoms with Crippen LogP contribution in [0.15, 0.2) is 168 Å². The van der Waals surface area contributed by atoms with E-state index in [4.69, 9.17) is 6.57 Å². The van der Waals surface area contributed by atoms with Gasteiger partial charge in [-0.25, -0.2) is 95.0 Å². The fourth-order valence-corrected chi connectivity index (χ4v) is 10.9. The lowest BCUT2D eigenvalue weighted by Gasteiger charge is -2.21. The van der Waals surface area contributed by atoms with E-state index < -0.39 is 194 Å². The topological polar surface area (TPSA) is 127 Å². The third-order valence-corrected chi connectivity index (χ3v) is 15.1. The van der Waals surface area contributed by atoms with Crippen molar-refractivity contribution in [1.29, 1.82) is 15.8 Å². The first-order valence-corrected chi connectivity index (χ1v) is 26.9. The molecule has 8 aromatic carbocycles. The Balaban J connectivity index is 1.40. The molecule has 456 valence electrons. The monoisotopic (exact) mass is 1280 g/mol. The van der Waals surface area contributed by atoms with Gasteiger partial charge in [0.15, 0.2) is 105 Å². The number of hydrogen-bond acceptors (Lipinski definition) is 7. The van der Waals surface area contributed by atoms with Gasteiger partial charge in [0.05, 0.1) is 51.6 Å². The molecule has 8 nitrogen and oxygen atoms in total. The van der Waals surface area contributed by atoms with Crippen LogP contribution in [-0.2, 0) is 0 Å². The summed E-state index contributed by atoms with van der Waals surface area (Å²) in [6.07, 6.45) is 1.14. The van der Waals surface area contributed by atoms with Crippen molar-refractivity contribution in [1.82, 2.24) is 19.9 Å². The second-order valence-corrected chi connectivity index (χ2v) is 20.3. The zero-order valence-corrected chi connectivity index (χ0v) is 46.5. The van der Waals surface area contributed by atoms with Crippen LogP contribution in [0.4, 0.5) is 75.9 Å². The number of allylic oxidation sites excluding steroid dienone is 8. The molecule has 0 atom stereocenters. The Morgan fingerprint density at radius 2 is 0.543 bits per heavy atom. The van der Waals surface area contributed by atoms with Crippen molar-refractivity contribution in [2.75, 3.05) is 0 Å². The Kier molecular flexibility index (Phi) is 15.8. The smallest absolute Gasteiger partial charge is 0.232 e. The predicted molar refractivity (Wildman–Crippen MR) is 306 cm³/mol. The van der Waals surface area contributed by atoms with E-state index in [2.05, 4.69) is 24.8 Å². The molecule has 2 aliphatic carbocycles. The zero-order chi connectivity index (χ0) is 66.9. The van der Waals surface area contributed by atoms with Crippen molar-refractivity contribution in [3.05, 3.63) is 323 Å². The number of nitrogens with zero attached hydrogens (tertiary/aromatic N) is 8. The van der Waals surface area contributed by atoms with Gasteiger partial charge in [0.25, 0.3) is 5.69 Å². The molecule has 12 rings (SSSR count). The highest BCUT2D eigenvalue weighted by Crippen LogP contribution is 2.57. The molecule has 0 unspecified atom stereocenters. The minimum absolute atomic E-state index is 0.158. The van der Waals surface area contributed by atoms with E-state index in [1.54, 1.807) is 24.3 Å².